The normalized spacial score (nSPS) is 16.2. The number of nitrogens with zero attached hydrogens (tertiary/aromatic N) is 6. The lowest BCUT2D eigenvalue weighted by Crippen LogP contribution is -2.45. The van der Waals surface area contributed by atoms with E-state index < -0.39 is 0 Å². The van der Waals surface area contributed by atoms with E-state index in [0.717, 1.165) is 32.0 Å². The predicted molar refractivity (Wildman–Crippen MR) is 110 cm³/mol. The maximum atomic E-state index is 12.4. The van der Waals surface area contributed by atoms with E-state index in [4.69, 9.17) is 14.6 Å². The van der Waals surface area contributed by atoms with Crippen LogP contribution in [0.15, 0.2) is 30.3 Å². The highest BCUT2D eigenvalue weighted by atomic mass is 16.7. The molecule has 0 radical (unpaired) electrons. The molecule has 1 amide bonds. The van der Waals surface area contributed by atoms with Crippen LogP contribution < -0.4 is 19.7 Å². The van der Waals surface area contributed by atoms with Crippen LogP contribution in [-0.2, 0) is 11.2 Å². The van der Waals surface area contributed by atoms with Crippen molar-refractivity contribution in [2.24, 2.45) is 0 Å². The number of carbonyl (C=O) groups is 1. The topological polar surface area (TPSA) is 97.1 Å². The number of hydrogen-bond donors (Lipinski definition) is 1. The Kier molecular flexibility index (Phi) is 4.83. The Balaban J connectivity index is 1.25. The minimum atomic E-state index is -0.110. The van der Waals surface area contributed by atoms with Crippen LogP contribution in [0.3, 0.4) is 0 Å². The Morgan fingerprint density at radius 1 is 1.07 bits per heavy atom. The Morgan fingerprint density at radius 2 is 1.90 bits per heavy atom. The van der Waals surface area contributed by atoms with Crippen LogP contribution in [-0.4, -0.2) is 70.6 Å². The van der Waals surface area contributed by atoms with Crippen LogP contribution >= 0.6 is 0 Å². The summed E-state index contributed by atoms with van der Waals surface area (Å²) in [6.07, 6.45) is 0.715. The highest BCUT2D eigenvalue weighted by Crippen LogP contribution is 2.34. The lowest BCUT2D eigenvalue weighted by atomic mass is 10.2. The first-order valence-corrected chi connectivity index (χ1v) is 10.00. The molecule has 10 nitrogen and oxygen atoms in total. The molecule has 2 aliphatic rings. The maximum absolute atomic E-state index is 12.4. The molecule has 1 aromatic carbocycles. The summed E-state index contributed by atoms with van der Waals surface area (Å²) in [4.78, 5) is 17.0. The first-order valence-electron chi connectivity index (χ1n) is 10.00. The van der Waals surface area contributed by atoms with Crippen molar-refractivity contribution < 1.29 is 14.3 Å². The molecule has 156 valence electrons. The van der Waals surface area contributed by atoms with Crippen LogP contribution in [0, 0.1) is 0 Å². The number of aryl methyl sites for hydroxylation is 1. The van der Waals surface area contributed by atoms with Gasteiger partial charge < -0.3 is 24.6 Å². The first-order chi connectivity index (χ1) is 14.7. The van der Waals surface area contributed by atoms with E-state index in [1.807, 2.05) is 12.1 Å². The van der Waals surface area contributed by atoms with Gasteiger partial charge in [0.15, 0.2) is 23.0 Å². The van der Waals surface area contributed by atoms with E-state index in [1.165, 1.54) is 0 Å². The second kappa shape index (κ2) is 7.79. The molecule has 30 heavy (non-hydrogen) atoms. The van der Waals surface area contributed by atoms with Crippen molar-refractivity contribution in [2.45, 2.75) is 12.8 Å². The number of piperazine rings is 1. The van der Waals surface area contributed by atoms with Gasteiger partial charge in [0.05, 0.1) is 0 Å². The summed E-state index contributed by atoms with van der Waals surface area (Å²) in [5.41, 5.74) is 1.35. The Morgan fingerprint density at radius 3 is 2.77 bits per heavy atom. The number of benzene rings is 1. The fraction of sp³-hybridized carbons (Fsp3) is 0.400. The van der Waals surface area contributed by atoms with Crippen molar-refractivity contribution in [3.05, 3.63) is 36.2 Å². The van der Waals surface area contributed by atoms with Crippen LogP contribution in [0.4, 0.5) is 11.5 Å². The van der Waals surface area contributed by atoms with E-state index in [9.17, 15) is 4.79 Å². The average Bonchev–Trinajstić information content (AvgIpc) is 3.38. The standard InChI is InChI=1S/C20H23N7O3/c1-25-8-10-26(11-9-25)19-5-4-17-22-23-18(27(17)24-19)6-7-20(28)21-14-2-3-15-16(12-14)30-13-29-15/h2-5,12H,6-11,13H2,1H3,(H,21,28). The molecular weight excluding hydrogens is 386 g/mol. The molecule has 0 atom stereocenters. The van der Waals surface area contributed by atoms with Crippen molar-refractivity contribution in [1.82, 2.24) is 24.7 Å². The van der Waals surface area contributed by atoms with Gasteiger partial charge >= 0.3 is 0 Å². The van der Waals surface area contributed by atoms with Crippen molar-refractivity contribution in [2.75, 3.05) is 50.2 Å². The van der Waals surface area contributed by atoms with Crippen molar-refractivity contribution in [3.8, 4) is 11.5 Å². The molecule has 1 saturated heterocycles. The number of hydrogen-bond acceptors (Lipinski definition) is 8. The zero-order valence-electron chi connectivity index (χ0n) is 16.7. The quantitative estimate of drug-likeness (QED) is 0.671. The van der Waals surface area contributed by atoms with Crippen molar-refractivity contribution in [1.29, 1.82) is 0 Å². The van der Waals surface area contributed by atoms with Gasteiger partial charge in [-0.05, 0) is 31.3 Å². The van der Waals surface area contributed by atoms with Gasteiger partial charge in [0.1, 0.15) is 5.82 Å². The van der Waals surface area contributed by atoms with E-state index >= 15 is 0 Å². The number of ether oxygens (including phenoxy) is 2. The highest BCUT2D eigenvalue weighted by Gasteiger charge is 2.18. The van der Waals surface area contributed by atoms with Crippen molar-refractivity contribution in [3.63, 3.8) is 0 Å². The third-order valence-electron chi connectivity index (χ3n) is 5.37. The number of likely N-dealkylation sites (N-methyl/N-ethyl adjacent to an activating group) is 1. The monoisotopic (exact) mass is 409 g/mol. The second-order valence-electron chi connectivity index (χ2n) is 7.48. The molecule has 4 heterocycles. The summed E-state index contributed by atoms with van der Waals surface area (Å²) < 4.78 is 12.4. The number of anilines is 2. The Hall–Kier alpha value is -3.40. The average molecular weight is 409 g/mol. The molecule has 1 fully saturated rings. The summed E-state index contributed by atoms with van der Waals surface area (Å²) in [7, 11) is 2.13. The summed E-state index contributed by atoms with van der Waals surface area (Å²) in [6, 6.07) is 9.24. The fourth-order valence-corrected chi connectivity index (χ4v) is 3.61. The molecule has 0 aliphatic carbocycles. The lowest BCUT2D eigenvalue weighted by Gasteiger charge is -2.33. The molecular formula is C20H23N7O3. The third-order valence-corrected chi connectivity index (χ3v) is 5.37. The van der Waals surface area contributed by atoms with Gasteiger partial charge in [-0.25, -0.2) is 0 Å². The first kappa shape index (κ1) is 18.6. The van der Waals surface area contributed by atoms with Crippen LogP contribution in [0.25, 0.3) is 5.65 Å². The van der Waals surface area contributed by atoms with Crippen molar-refractivity contribution >= 4 is 23.1 Å². The summed E-state index contributed by atoms with van der Waals surface area (Å²) in [6.45, 7) is 4.09. The highest BCUT2D eigenvalue weighted by molar-refractivity contribution is 5.91. The SMILES string of the molecule is CN1CCN(c2ccc3nnc(CCC(=O)Nc4ccc5c(c4)OCO5)n3n2)CC1. The van der Waals surface area contributed by atoms with Gasteiger partial charge in [-0.15, -0.1) is 15.3 Å². The fourth-order valence-electron chi connectivity index (χ4n) is 3.61. The van der Waals surface area contributed by atoms with E-state index in [-0.39, 0.29) is 19.1 Å². The third kappa shape index (κ3) is 3.73. The minimum Gasteiger partial charge on any atom is -0.454 e. The molecule has 3 aromatic rings. The summed E-state index contributed by atoms with van der Waals surface area (Å²) in [5, 5.41) is 16.0. The maximum Gasteiger partial charge on any atom is 0.231 e. The van der Waals surface area contributed by atoms with E-state index in [0.29, 0.717) is 35.1 Å². The predicted octanol–water partition coefficient (Wildman–Crippen LogP) is 1.18. The Bertz CT molecular complexity index is 1080. The molecule has 1 N–H and O–H groups in total. The van der Waals surface area contributed by atoms with Crippen LogP contribution in [0.5, 0.6) is 11.5 Å². The number of rotatable bonds is 5. The molecule has 0 unspecified atom stereocenters. The molecule has 0 saturated carbocycles. The minimum absolute atomic E-state index is 0.110. The zero-order chi connectivity index (χ0) is 20.5. The number of aromatic nitrogens is 4. The van der Waals surface area contributed by atoms with Crippen LogP contribution in [0.2, 0.25) is 0 Å². The molecule has 0 spiro atoms. The Labute approximate surface area is 173 Å². The van der Waals surface area contributed by atoms with Gasteiger partial charge in [0.2, 0.25) is 12.7 Å². The van der Waals surface area contributed by atoms with Crippen LogP contribution in [0.1, 0.15) is 12.2 Å². The molecule has 10 heteroatoms. The summed E-state index contributed by atoms with van der Waals surface area (Å²) in [5.74, 6) is 2.78. The second-order valence-corrected chi connectivity index (χ2v) is 7.48. The van der Waals surface area contributed by atoms with Gasteiger partial charge in [-0.3, -0.25) is 4.79 Å². The number of amides is 1. The zero-order valence-corrected chi connectivity index (χ0v) is 16.7. The number of nitrogens with one attached hydrogen (secondary N) is 1. The van der Waals surface area contributed by atoms with E-state index in [1.54, 1.807) is 22.7 Å². The van der Waals surface area contributed by atoms with Gasteiger partial charge in [-0.2, -0.15) is 4.52 Å². The molecule has 2 aliphatic heterocycles. The van der Waals surface area contributed by atoms with Gasteiger partial charge in [0.25, 0.3) is 0 Å². The molecule has 0 bridgehead atoms. The van der Waals surface area contributed by atoms with E-state index in [2.05, 4.69) is 32.4 Å². The lowest BCUT2D eigenvalue weighted by molar-refractivity contribution is -0.116. The number of carbonyl (C=O) groups excluding carboxylic acids is 1. The smallest absolute Gasteiger partial charge is 0.231 e. The largest absolute Gasteiger partial charge is 0.454 e. The van der Waals surface area contributed by atoms with Gasteiger partial charge in [-0.1, -0.05) is 0 Å². The van der Waals surface area contributed by atoms with Gasteiger partial charge in [0, 0.05) is 50.8 Å². The molecule has 2 aromatic heterocycles. The number of fused-ring (bicyclic) bond motifs is 2. The molecule has 5 rings (SSSR count). The summed E-state index contributed by atoms with van der Waals surface area (Å²) >= 11 is 0.